The van der Waals surface area contributed by atoms with Gasteiger partial charge in [-0.25, -0.2) is 9.50 Å². The molecular weight excluding hydrogens is 316 g/mol. The highest BCUT2D eigenvalue weighted by atomic mass is 16.1. The summed E-state index contributed by atoms with van der Waals surface area (Å²) in [7, 11) is 2.16. The van der Waals surface area contributed by atoms with Gasteiger partial charge in [-0.15, -0.1) is 0 Å². The third-order valence-corrected chi connectivity index (χ3v) is 4.53. The van der Waals surface area contributed by atoms with Crippen molar-refractivity contribution in [2.45, 2.75) is 0 Å². The molecule has 1 fully saturated rings. The Hall–Kier alpha value is -2.93. The minimum absolute atomic E-state index is 0.481. The van der Waals surface area contributed by atoms with Crippen molar-refractivity contribution >= 4 is 29.1 Å². The number of anilines is 3. The lowest BCUT2D eigenvalue weighted by Gasteiger charge is -2.34. The van der Waals surface area contributed by atoms with Crippen molar-refractivity contribution in [2.75, 3.05) is 43.4 Å². The third kappa shape index (κ3) is 3.18. The summed E-state index contributed by atoms with van der Waals surface area (Å²) >= 11 is 0. The summed E-state index contributed by atoms with van der Waals surface area (Å²) in [5, 5.41) is 7.37. The number of likely N-dealkylation sites (N-methyl/N-ethyl adjacent to an activating group) is 1. The first-order chi connectivity index (χ1) is 12.2. The quantitative estimate of drug-likeness (QED) is 0.736. The smallest absolute Gasteiger partial charge is 0.167 e. The zero-order valence-corrected chi connectivity index (χ0v) is 14.1. The van der Waals surface area contributed by atoms with Crippen LogP contribution in [-0.2, 0) is 0 Å². The van der Waals surface area contributed by atoms with Gasteiger partial charge in [0.15, 0.2) is 11.9 Å². The summed E-state index contributed by atoms with van der Waals surface area (Å²) in [6.45, 7) is 4.29. The van der Waals surface area contributed by atoms with Gasteiger partial charge < -0.3 is 15.1 Å². The number of nitrogens with zero attached hydrogens (tertiary/aromatic N) is 5. The van der Waals surface area contributed by atoms with Crippen LogP contribution >= 0.6 is 0 Å². The minimum Gasteiger partial charge on any atom is -0.369 e. The minimum atomic E-state index is 0.481. The van der Waals surface area contributed by atoms with Crippen molar-refractivity contribution in [3.8, 4) is 0 Å². The van der Waals surface area contributed by atoms with Crippen LogP contribution in [0.1, 0.15) is 10.4 Å². The molecule has 25 heavy (non-hydrogen) atoms. The number of nitrogens with one attached hydrogen (secondary N) is 1. The standard InChI is InChI=1S/C18H20N6O/c1-22-8-10-23(11-9-22)16-4-2-15(3-5-16)20-17-6-7-24-18(21-17)14(13-25)12-19-24/h2-7,12-13H,8-11H2,1H3,(H,20,21). The normalized spacial score (nSPS) is 15.5. The van der Waals surface area contributed by atoms with Crippen LogP contribution in [0.4, 0.5) is 17.2 Å². The number of hydrogen-bond donors (Lipinski definition) is 1. The molecule has 0 spiro atoms. The highest BCUT2D eigenvalue weighted by Crippen LogP contribution is 2.22. The molecule has 0 bridgehead atoms. The Kier molecular flexibility index (Phi) is 4.07. The zero-order chi connectivity index (χ0) is 17.2. The van der Waals surface area contributed by atoms with E-state index in [1.165, 1.54) is 11.9 Å². The maximum Gasteiger partial charge on any atom is 0.167 e. The molecule has 3 heterocycles. The molecule has 0 atom stereocenters. The van der Waals surface area contributed by atoms with Crippen molar-refractivity contribution in [1.29, 1.82) is 0 Å². The van der Waals surface area contributed by atoms with Crippen molar-refractivity contribution in [3.05, 3.63) is 48.3 Å². The van der Waals surface area contributed by atoms with E-state index in [0.29, 0.717) is 17.0 Å². The van der Waals surface area contributed by atoms with E-state index in [-0.39, 0.29) is 0 Å². The summed E-state index contributed by atoms with van der Waals surface area (Å²) in [5.74, 6) is 0.684. The highest BCUT2D eigenvalue weighted by Gasteiger charge is 2.14. The van der Waals surface area contributed by atoms with E-state index in [1.54, 1.807) is 10.7 Å². The molecule has 0 radical (unpaired) electrons. The van der Waals surface area contributed by atoms with Gasteiger partial charge in [0.05, 0.1) is 11.8 Å². The Bertz CT molecular complexity index is 880. The fourth-order valence-electron chi connectivity index (χ4n) is 3.01. The number of aldehydes is 1. The number of fused-ring (bicyclic) bond motifs is 1. The van der Waals surface area contributed by atoms with E-state index in [9.17, 15) is 4.79 Å². The van der Waals surface area contributed by atoms with E-state index in [4.69, 9.17) is 0 Å². The van der Waals surface area contributed by atoms with E-state index in [1.807, 2.05) is 6.07 Å². The van der Waals surface area contributed by atoms with Gasteiger partial charge >= 0.3 is 0 Å². The summed E-state index contributed by atoms with van der Waals surface area (Å²) in [4.78, 5) is 20.2. The molecule has 1 N–H and O–H groups in total. The Morgan fingerprint density at radius 3 is 2.56 bits per heavy atom. The molecular formula is C18H20N6O. The fraction of sp³-hybridized carbons (Fsp3) is 0.278. The molecule has 0 aliphatic carbocycles. The molecule has 4 rings (SSSR count). The summed E-state index contributed by atoms with van der Waals surface area (Å²) in [5.41, 5.74) is 3.23. The molecule has 128 valence electrons. The second kappa shape index (κ2) is 6.52. The fourth-order valence-corrected chi connectivity index (χ4v) is 3.01. The number of carbonyl (C=O) groups excluding carboxylic acids is 1. The van der Waals surface area contributed by atoms with Crippen LogP contribution in [0.5, 0.6) is 0 Å². The van der Waals surface area contributed by atoms with Crippen LogP contribution in [0, 0.1) is 0 Å². The largest absolute Gasteiger partial charge is 0.369 e. The van der Waals surface area contributed by atoms with Crippen LogP contribution in [0.3, 0.4) is 0 Å². The molecule has 0 amide bonds. The lowest BCUT2D eigenvalue weighted by atomic mass is 10.2. The monoisotopic (exact) mass is 336 g/mol. The number of rotatable bonds is 4. The first kappa shape index (κ1) is 15.6. The van der Waals surface area contributed by atoms with Gasteiger partial charge in [0, 0.05) is 43.8 Å². The second-order valence-corrected chi connectivity index (χ2v) is 6.26. The van der Waals surface area contributed by atoms with Gasteiger partial charge in [-0.1, -0.05) is 0 Å². The van der Waals surface area contributed by atoms with Crippen LogP contribution < -0.4 is 10.2 Å². The van der Waals surface area contributed by atoms with Crippen molar-refractivity contribution in [1.82, 2.24) is 19.5 Å². The summed E-state index contributed by atoms with van der Waals surface area (Å²) in [6, 6.07) is 10.2. The molecule has 0 saturated carbocycles. The van der Waals surface area contributed by atoms with Crippen LogP contribution in [0.25, 0.3) is 5.65 Å². The molecule has 1 saturated heterocycles. The highest BCUT2D eigenvalue weighted by molar-refractivity contribution is 5.84. The Morgan fingerprint density at radius 1 is 1.08 bits per heavy atom. The summed E-state index contributed by atoms with van der Waals surface area (Å²) < 4.78 is 1.59. The maximum atomic E-state index is 11.0. The average Bonchev–Trinajstić information content (AvgIpc) is 3.05. The third-order valence-electron chi connectivity index (χ3n) is 4.53. The van der Waals surface area contributed by atoms with Crippen molar-refractivity contribution < 1.29 is 4.79 Å². The molecule has 1 aliphatic heterocycles. The second-order valence-electron chi connectivity index (χ2n) is 6.26. The van der Waals surface area contributed by atoms with Crippen molar-refractivity contribution in [3.63, 3.8) is 0 Å². The van der Waals surface area contributed by atoms with Gasteiger partial charge in [-0.3, -0.25) is 4.79 Å². The van der Waals surface area contributed by atoms with E-state index in [0.717, 1.165) is 38.2 Å². The first-order valence-corrected chi connectivity index (χ1v) is 8.33. The van der Waals surface area contributed by atoms with Gasteiger partial charge in [-0.05, 0) is 37.4 Å². The predicted molar refractivity (Wildman–Crippen MR) is 97.8 cm³/mol. The van der Waals surface area contributed by atoms with Gasteiger partial charge in [0.2, 0.25) is 0 Å². The lowest BCUT2D eigenvalue weighted by Crippen LogP contribution is -2.44. The first-order valence-electron chi connectivity index (χ1n) is 8.33. The average molecular weight is 336 g/mol. The molecule has 7 nitrogen and oxygen atoms in total. The zero-order valence-electron chi connectivity index (χ0n) is 14.1. The van der Waals surface area contributed by atoms with Crippen LogP contribution in [-0.4, -0.2) is 59.0 Å². The van der Waals surface area contributed by atoms with Gasteiger partial charge in [0.25, 0.3) is 0 Å². The number of carbonyl (C=O) groups is 1. The molecule has 7 heteroatoms. The predicted octanol–water partition coefficient (Wildman–Crippen LogP) is 2.04. The number of aromatic nitrogens is 3. The maximum absolute atomic E-state index is 11.0. The molecule has 0 unspecified atom stereocenters. The Morgan fingerprint density at radius 2 is 1.84 bits per heavy atom. The van der Waals surface area contributed by atoms with Gasteiger partial charge in [-0.2, -0.15) is 5.10 Å². The van der Waals surface area contributed by atoms with E-state index >= 15 is 0 Å². The SMILES string of the molecule is CN1CCN(c2ccc(Nc3ccn4ncc(C=O)c4n3)cc2)CC1. The molecule has 2 aromatic heterocycles. The van der Waals surface area contributed by atoms with Gasteiger partial charge in [0.1, 0.15) is 5.82 Å². The summed E-state index contributed by atoms with van der Waals surface area (Å²) in [6.07, 6.45) is 4.07. The van der Waals surface area contributed by atoms with E-state index < -0.39 is 0 Å². The Balaban J connectivity index is 1.50. The number of benzene rings is 1. The number of hydrogen-bond acceptors (Lipinski definition) is 6. The molecule has 1 aliphatic rings. The van der Waals surface area contributed by atoms with E-state index in [2.05, 4.69) is 56.5 Å². The van der Waals surface area contributed by atoms with Crippen LogP contribution in [0.2, 0.25) is 0 Å². The molecule has 3 aromatic rings. The Labute approximate surface area is 145 Å². The van der Waals surface area contributed by atoms with Crippen molar-refractivity contribution in [2.24, 2.45) is 0 Å². The topological polar surface area (TPSA) is 65.8 Å². The molecule has 1 aromatic carbocycles. The lowest BCUT2D eigenvalue weighted by molar-refractivity contribution is 0.112. The van der Waals surface area contributed by atoms with Crippen LogP contribution in [0.15, 0.2) is 42.7 Å². The number of piperazine rings is 1.